The van der Waals surface area contributed by atoms with Crippen LogP contribution in [0.2, 0.25) is 0 Å². The minimum atomic E-state index is -0.680. The van der Waals surface area contributed by atoms with Gasteiger partial charge in [-0.3, -0.25) is 23.5 Å². The molecule has 1 aliphatic heterocycles. The number of hydrogen-bond acceptors (Lipinski definition) is 6. The lowest BCUT2D eigenvalue weighted by molar-refractivity contribution is -0.148. The first-order chi connectivity index (χ1) is 13.9. The van der Waals surface area contributed by atoms with E-state index in [0.717, 1.165) is 22.2 Å². The smallest absolute Gasteiger partial charge is 0.332 e. The second-order valence-corrected chi connectivity index (χ2v) is 6.84. The van der Waals surface area contributed by atoms with Gasteiger partial charge in [0.2, 0.25) is 0 Å². The first kappa shape index (κ1) is 18.7. The van der Waals surface area contributed by atoms with Gasteiger partial charge in [0, 0.05) is 26.3 Å². The molecule has 0 saturated heterocycles. The molecule has 3 heterocycles. The van der Waals surface area contributed by atoms with E-state index >= 15 is 0 Å². The fraction of sp³-hybridized carbons (Fsp3) is 0.316. The first-order valence-corrected chi connectivity index (χ1v) is 9.03. The minimum Gasteiger partial charge on any atom is -0.454 e. The average Bonchev–Trinajstić information content (AvgIpc) is 3.33. The number of rotatable bonds is 4. The van der Waals surface area contributed by atoms with Crippen molar-refractivity contribution in [1.82, 2.24) is 18.7 Å². The predicted octanol–water partition coefficient (Wildman–Crippen LogP) is -0.434. The fourth-order valence-corrected chi connectivity index (χ4v) is 3.52. The second kappa shape index (κ2) is 7.04. The van der Waals surface area contributed by atoms with Gasteiger partial charge in [0.15, 0.2) is 17.8 Å². The summed E-state index contributed by atoms with van der Waals surface area (Å²) in [5.41, 5.74) is 1.14. The van der Waals surface area contributed by atoms with Gasteiger partial charge < -0.3 is 14.2 Å². The summed E-state index contributed by atoms with van der Waals surface area (Å²) in [6.07, 6.45) is 2.06. The summed E-state index contributed by atoms with van der Waals surface area (Å²) in [7, 11) is 2.85. The van der Waals surface area contributed by atoms with Gasteiger partial charge in [0.05, 0.1) is 6.33 Å². The molecule has 0 N–H and O–H groups in total. The SMILES string of the molecule is Cn1c(=O)c2c(ncn2CC(=O)OCC(=O)N2CCc3ccccc32)n(C)c1=O. The number of benzene rings is 1. The van der Waals surface area contributed by atoms with E-state index in [-0.39, 0.29) is 23.6 Å². The quantitative estimate of drug-likeness (QED) is 0.553. The van der Waals surface area contributed by atoms with E-state index in [2.05, 4.69) is 4.98 Å². The van der Waals surface area contributed by atoms with Crippen LogP contribution >= 0.6 is 0 Å². The molecule has 0 bridgehead atoms. The third-order valence-electron chi connectivity index (χ3n) is 5.06. The molecular weight excluding hydrogens is 378 g/mol. The average molecular weight is 397 g/mol. The molecule has 10 heteroatoms. The number of aromatic nitrogens is 4. The number of esters is 1. The van der Waals surface area contributed by atoms with E-state index < -0.39 is 23.8 Å². The van der Waals surface area contributed by atoms with Crippen molar-refractivity contribution in [2.75, 3.05) is 18.1 Å². The Morgan fingerprint density at radius 1 is 1.14 bits per heavy atom. The molecule has 2 aromatic heterocycles. The molecule has 4 rings (SSSR count). The van der Waals surface area contributed by atoms with Gasteiger partial charge in [-0.15, -0.1) is 0 Å². The molecule has 0 atom stereocenters. The number of imidazole rings is 1. The number of carbonyl (C=O) groups is 2. The highest BCUT2D eigenvalue weighted by Crippen LogP contribution is 2.27. The van der Waals surface area contributed by atoms with Crippen molar-refractivity contribution < 1.29 is 14.3 Å². The van der Waals surface area contributed by atoms with Crippen LogP contribution in [0, 0.1) is 0 Å². The summed E-state index contributed by atoms with van der Waals surface area (Å²) < 4.78 is 8.61. The number of ether oxygens (including phenoxy) is 1. The standard InChI is InChI=1S/C19H19N5O5/c1-21-17-16(18(27)22(2)19(21)28)23(11-20-17)9-15(26)29-10-14(25)24-8-7-12-5-3-4-6-13(12)24/h3-6,11H,7-10H2,1-2H3. The number of nitrogens with zero attached hydrogens (tertiary/aromatic N) is 5. The maximum atomic E-state index is 12.4. The molecule has 10 nitrogen and oxygen atoms in total. The Morgan fingerprint density at radius 3 is 2.69 bits per heavy atom. The highest BCUT2D eigenvalue weighted by molar-refractivity contribution is 5.97. The summed E-state index contributed by atoms with van der Waals surface area (Å²) in [4.78, 5) is 54.7. The van der Waals surface area contributed by atoms with Crippen LogP contribution in [-0.4, -0.2) is 43.7 Å². The molecule has 0 radical (unpaired) electrons. The Bertz CT molecular complexity index is 1250. The van der Waals surface area contributed by atoms with Crippen molar-refractivity contribution in [3.8, 4) is 0 Å². The van der Waals surface area contributed by atoms with Crippen molar-refractivity contribution in [2.24, 2.45) is 14.1 Å². The van der Waals surface area contributed by atoms with Crippen molar-refractivity contribution in [3.63, 3.8) is 0 Å². The number of carbonyl (C=O) groups excluding carboxylic acids is 2. The fourth-order valence-electron chi connectivity index (χ4n) is 3.52. The minimum absolute atomic E-state index is 0.117. The molecule has 1 aromatic carbocycles. The normalized spacial score (nSPS) is 13.0. The van der Waals surface area contributed by atoms with Crippen molar-refractivity contribution in [1.29, 1.82) is 0 Å². The van der Waals surface area contributed by atoms with Gasteiger partial charge in [-0.25, -0.2) is 9.78 Å². The molecule has 0 unspecified atom stereocenters. The number of anilines is 1. The van der Waals surface area contributed by atoms with Crippen molar-refractivity contribution in [2.45, 2.75) is 13.0 Å². The number of aryl methyl sites for hydroxylation is 1. The summed E-state index contributed by atoms with van der Waals surface area (Å²) in [6, 6.07) is 7.60. The molecule has 1 amide bonds. The van der Waals surface area contributed by atoms with E-state index in [0.29, 0.717) is 6.54 Å². The van der Waals surface area contributed by atoms with Gasteiger partial charge in [-0.05, 0) is 18.1 Å². The third kappa shape index (κ3) is 3.12. The summed E-state index contributed by atoms with van der Waals surface area (Å²) in [5.74, 6) is -0.988. The second-order valence-electron chi connectivity index (χ2n) is 6.84. The van der Waals surface area contributed by atoms with Crippen LogP contribution in [-0.2, 0) is 41.4 Å². The molecule has 0 spiro atoms. The Hall–Kier alpha value is -3.69. The largest absolute Gasteiger partial charge is 0.454 e. The van der Waals surface area contributed by atoms with Crippen molar-refractivity contribution in [3.05, 3.63) is 57.0 Å². The molecular formula is C19H19N5O5. The molecule has 3 aromatic rings. The van der Waals surface area contributed by atoms with Gasteiger partial charge in [-0.1, -0.05) is 18.2 Å². The lowest BCUT2D eigenvalue weighted by Crippen LogP contribution is -2.38. The predicted molar refractivity (Wildman–Crippen MR) is 104 cm³/mol. The lowest BCUT2D eigenvalue weighted by Gasteiger charge is -2.17. The van der Waals surface area contributed by atoms with Crippen LogP contribution in [0.5, 0.6) is 0 Å². The molecule has 1 aliphatic rings. The number of amides is 1. The molecule has 150 valence electrons. The summed E-state index contributed by atoms with van der Waals surface area (Å²) in [5, 5.41) is 0. The van der Waals surface area contributed by atoms with Gasteiger partial charge >= 0.3 is 11.7 Å². The maximum absolute atomic E-state index is 12.4. The highest BCUT2D eigenvalue weighted by Gasteiger charge is 2.25. The third-order valence-corrected chi connectivity index (χ3v) is 5.06. The summed E-state index contributed by atoms with van der Waals surface area (Å²) >= 11 is 0. The zero-order chi connectivity index (χ0) is 20.7. The van der Waals surface area contributed by atoms with E-state index in [1.54, 1.807) is 4.90 Å². The van der Waals surface area contributed by atoms with Gasteiger partial charge in [0.25, 0.3) is 11.5 Å². The van der Waals surface area contributed by atoms with Crippen LogP contribution in [0.3, 0.4) is 0 Å². The van der Waals surface area contributed by atoms with Crippen LogP contribution in [0.15, 0.2) is 40.2 Å². The van der Waals surface area contributed by atoms with Crippen molar-refractivity contribution >= 4 is 28.7 Å². The number of hydrogen-bond donors (Lipinski definition) is 0. The molecule has 0 fully saturated rings. The first-order valence-electron chi connectivity index (χ1n) is 9.03. The number of fused-ring (bicyclic) bond motifs is 2. The monoisotopic (exact) mass is 397 g/mol. The van der Waals surface area contributed by atoms with E-state index in [4.69, 9.17) is 4.74 Å². The highest BCUT2D eigenvalue weighted by atomic mass is 16.5. The maximum Gasteiger partial charge on any atom is 0.332 e. The van der Waals surface area contributed by atoms with Crippen LogP contribution in [0.25, 0.3) is 11.2 Å². The van der Waals surface area contributed by atoms with Gasteiger partial charge in [0.1, 0.15) is 6.54 Å². The van der Waals surface area contributed by atoms with Crippen LogP contribution in [0.1, 0.15) is 5.56 Å². The topological polar surface area (TPSA) is 108 Å². The Balaban J connectivity index is 1.47. The Kier molecular flexibility index (Phi) is 4.53. The zero-order valence-corrected chi connectivity index (χ0v) is 16.0. The van der Waals surface area contributed by atoms with Gasteiger partial charge in [-0.2, -0.15) is 0 Å². The molecule has 29 heavy (non-hydrogen) atoms. The Morgan fingerprint density at radius 2 is 1.90 bits per heavy atom. The number of para-hydroxylation sites is 1. The molecule has 0 aliphatic carbocycles. The summed E-state index contributed by atoms with van der Waals surface area (Å²) in [6.45, 7) is -0.143. The van der Waals surface area contributed by atoms with Crippen LogP contribution < -0.4 is 16.1 Å². The lowest BCUT2D eigenvalue weighted by atomic mass is 10.2. The molecule has 0 saturated carbocycles. The van der Waals surface area contributed by atoms with E-state index in [1.807, 2.05) is 24.3 Å². The van der Waals surface area contributed by atoms with Crippen LogP contribution in [0.4, 0.5) is 5.69 Å². The Labute approximate surface area is 164 Å². The zero-order valence-electron chi connectivity index (χ0n) is 16.0. The van der Waals surface area contributed by atoms with E-state index in [1.165, 1.54) is 29.6 Å². The van der Waals surface area contributed by atoms with E-state index in [9.17, 15) is 19.2 Å².